The van der Waals surface area contributed by atoms with Gasteiger partial charge < -0.3 is 10.2 Å². The van der Waals surface area contributed by atoms with Gasteiger partial charge in [-0.05, 0) is 42.3 Å². The zero-order valence-electron chi connectivity index (χ0n) is 12.8. The summed E-state index contributed by atoms with van der Waals surface area (Å²) in [6.45, 7) is 2.99. The van der Waals surface area contributed by atoms with Gasteiger partial charge in [0.25, 0.3) is 0 Å². The molecule has 0 aliphatic carbocycles. The van der Waals surface area contributed by atoms with Gasteiger partial charge in [-0.3, -0.25) is 4.98 Å². The maximum absolute atomic E-state index is 13.4. The molecular formula is C17H22FN3. The fourth-order valence-corrected chi connectivity index (χ4v) is 2.27. The minimum atomic E-state index is -0.305. The van der Waals surface area contributed by atoms with E-state index >= 15 is 0 Å². The number of nitrogens with zero attached hydrogens (tertiary/aromatic N) is 2. The van der Waals surface area contributed by atoms with Crippen LogP contribution in [0.1, 0.15) is 30.5 Å². The summed E-state index contributed by atoms with van der Waals surface area (Å²) < 4.78 is 13.4. The van der Waals surface area contributed by atoms with E-state index in [1.165, 1.54) is 6.20 Å². The molecule has 1 aromatic heterocycles. The first-order chi connectivity index (χ1) is 10.1. The van der Waals surface area contributed by atoms with Crippen LogP contribution in [0.2, 0.25) is 0 Å². The molecule has 2 aromatic rings. The fraction of sp³-hybridized carbons (Fsp3) is 0.353. The second-order valence-corrected chi connectivity index (χ2v) is 5.31. The third kappa shape index (κ3) is 4.02. The summed E-state index contributed by atoms with van der Waals surface area (Å²) in [6, 6.07) is 9.80. The molecule has 2 rings (SSSR count). The molecule has 1 N–H and O–H groups in total. The zero-order chi connectivity index (χ0) is 15.2. The molecule has 0 saturated carbocycles. The Hall–Kier alpha value is -1.94. The zero-order valence-corrected chi connectivity index (χ0v) is 12.8. The molecule has 1 aromatic carbocycles. The molecule has 0 fully saturated rings. The second kappa shape index (κ2) is 7.18. The minimum Gasteiger partial charge on any atom is -0.378 e. The van der Waals surface area contributed by atoms with Gasteiger partial charge in [-0.2, -0.15) is 0 Å². The van der Waals surface area contributed by atoms with Gasteiger partial charge in [0.2, 0.25) is 0 Å². The number of pyridine rings is 1. The van der Waals surface area contributed by atoms with Crippen molar-refractivity contribution in [3.63, 3.8) is 0 Å². The summed E-state index contributed by atoms with van der Waals surface area (Å²) in [5.74, 6) is -0.305. The maximum Gasteiger partial charge on any atom is 0.141 e. The van der Waals surface area contributed by atoms with Gasteiger partial charge >= 0.3 is 0 Å². The van der Waals surface area contributed by atoms with E-state index in [2.05, 4.69) is 46.4 Å². The van der Waals surface area contributed by atoms with Crippen LogP contribution >= 0.6 is 0 Å². The van der Waals surface area contributed by atoms with Crippen molar-refractivity contribution in [3.05, 3.63) is 59.7 Å². The van der Waals surface area contributed by atoms with Crippen molar-refractivity contribution in [2.75, 3.05) is 25.5 Å². The summed E-state index contributed by atoms with van der Waals surface area (Å²) in [5, 5.41) is 3.46. The first kappa shape index (κ1) is 15.4. The Bertz CT molecular complexity index is 567. The van der Waals surface area contributed by atoms with Crippen LogP contribution in [-0.2, 0) is 0 Å². The van der Waals surface area contributed by atoms with Crippen LogP contribution in [0.5, 0.6) is 0 Å². The summed E-state index contributed by atoms with van der Waals surface area (Å²) >= 11 is 0. The predicted molar refractivity (Wildman–Crippen MR) is 85.1 cm³/mol. The number of benzene rings is 1. The molecule has 4 heteroatoms. The normalized spacial score (nSPS) is 12.2. The van der Waals surface area contributed by atoms with Gasteiger partial charge in [0.1, 0.15) is 5.82 Å². The van der Waals surface area contributed by atoms with Crippen LogP contribution in [0, 0.1) is 5.82 Å². The highest BCUT2D eigenvalue weighted by atomic mass is 19.1. The van der Waals surface area contributed by atoms with E-state index in [0.29, 0.717) is 0 Å². The molecule has 0 bridgehead atoms. The number of halogens is 1. The third-order valence-electron chi connectivity index (χ3n) is 3.40. The van der Waals surface area contributed by atoms with Crippen molar-refractivity contribution in [1.82, 2.24) is 10.3 Å². The second-order valence-electron chi connectivity index (χ2n) is 5.31. The monoisotopic (exact) mass is 287 g/mol. The summed E-state index contributed by atoms with van der Waals surface area (Å²) in [7, 11) is 4.02. The molecule has 0 aliphatic rings. The summed E-state index contributed by atoms with van der Waals surface area (Å²) in [6.07, 6.45) is 3.97. The molecule has 21 heavy (non-hydrogen) atoms. The van der Waals surface area contributed by atoms with Gasteiger partial charge in [-0.1, -0.05) is 19.1 Å². The van der Waals surface area contributed by atoms with Crippen LogP contribution < -0.4 is 10.2 Å². The van der Waals surface area contributed by atoms with Crippen molar-refractivity contribution in [3.8, 4) is 0 Å². The lowest BCUT2D eigenvalue weighted by molar-refractivity contribution is 0.580. The van der Waals surface area contributed by atoms with E-state index in [9.17, 15) is 4.39 Å². The molecule has 112 valence electrons. The number of hydrogen-bond acceptors (Lipinski definition) is 3. The largest absolute Gasteiger partial charge is 0.378 e. The Labute approximate surface area is 125 Å². The number of hydrogen-bond donors (Lipinski definition) is 1. The van der Waals surface area contributed by atoms with E-state index in [1.54, 1.807) is 12.3 Å². The third-order valence-corrected chi connectivity index (χ3v) is 3.40. The predicted octanol–water partition coefficient (Wildman–Crippen LogP) is 3.38. The Balaban J connectivity index is 2.31. The highest BCUT2D eigenvalue weighted by Crippen LogP contribution is 2.24. The molecular weight excluding hydrogens is 265 g/mol. The van der Waals surface area contributed by atoms with Gasteiger partial charge in [0, 0.05) is 26.0 Å². The molecule has 1 atom stereocenters. The molecule has 0 aliphatic heterocycles. The lowest BCUT2D eigenvalue weighted by atomic mass is 9.99. The SMILES string of the molecule is CCCNC(c1ccc(N(C)C)cc1)c1cncc(F)c1. The highest BCUT2D eigenvalue weighted by Gasteiger charge is 2.14. The maximum atomic E-state index is 13.4. The van der Waals surface area contributed by atoms with Crippen molar-refractivity contribution in [2.45, 2.75) is 19.4 Å². The molecule has 0 saturated heterocycles. The number of anilines is 1. The quantitative estimate of drug-likeness (QED) is 0.883. The summed E-state index contributed by atoms with van der Waals surface area (Å²) in [4.78, 5) is 6.02. The van der Waals surface area contributed by atoms with Crippen molar-refractivity contribution in [1.29, 1.82) is 0 Å². The molecule has 0 radical (unpaired) electrons. The number of aromatic nitrogens is 1. The van der Waals surface area contributed by atoms with Crippen molar-refractivity contribution in [2.24, 2.45) is 0 Å². The van der Waals surface area contributed by atoms with E-state index in [4.69, 9.17) is 0 Å². The highest BCUT2D eigenvalue weighted by molar-refractivity contribution is 5.47. The van der Waals surface area contributed by atoms with Gasteiger partial charge in [0.05, 0.1) is 12.2 Å². The van der Waals surface area contributed by atoms with Crippen LogP contribution in [0.15, 0.2) is 42.7 Å². The molecule has 1 unspecified atom stereocenters. The molecule has 0 spiro atoms. The van der Waals surface area contributed by atoms with Crippen molar-refractivity contribution < 1.29 is 4.39 Å². The Morgan fingerprint density at radius 1 is 1.14 bits per heavy atom. The minimum absolute atomic E-state index is 0.0376. The fourth-order valence-electron chi connectivity index (χ4n) is 2.27. The Morgan fingerprint density at radius 3 is 2.43 bits per heavy atom. The molecule has 1 heterocycles. The van der Waals surface area contributed by atoms with E-state index in [-0.39, 0.29) is 11.9 Å². The molecule has 3 nitrogen and oxygen atoms in total. The summed E-state index contributed by atoms with van der Waals surface area (Å²) in [5.41, 5.74) is 3.10. The van der Waals surface area contributed by atoms with Crippen LogP contribution in [0.25, 0.3) is 0 Å². The van der Waals surface area contributed by atoms with E-state index < -0.39 is 0 Å². The first-order valence-corrected chi connectivity index (χ1v) is 7.23. The van der Waals surface area contributed by atoms with E-state index in [0.717, 1.165) is 29.8 Å². The molecule has 0 amide bonds. The average Bonchev–Trinajstić information content (AvgIpc) is 2.48. The average molecular weight is 287 g/mol. The Kier molecular flexibility index (Phi) is 5.28. The smallest absolute Gasteiger partial charge is 0.141 e. The van der Waals surface area contributed by atoms with Crippen LogP contribution in [0.3, 0.4) is 0 Å². The van der Waals surface area contributed by atoms with E-state index in [1.807, 2.05) is 14.1 Å². The number of rotatable bonds is 6. The lowest BCUT2D eigenvalue weighted by Gasteiger charge is -2.20. The van der Waals surface area contributed by atoms with Gasteiger partial charge in [0.15, 0.2) is 0 Å². The van der Waals surface area contributed by atoms with Crippen molar-refractivity contribution >= 4 is 5.69 Å². The van der Waals surface area contributed by atoms with Gasteiger partial charge in [-0.15, -0.1) is 0 Å². The topological polar surface area (TPSA) is 28.2 Å². The van der Waals surface area contributed by atoms with Gasteiger partial charge in [-0.25, -0.2) is 4.39 Å². The lowest BCUT2D eigenvalue weighted by Crippen LogP contribution is -2.23. The number of nitrogens with one attached hydrogen (secondary N) is 1. The van der Waals surface area contributed by atoms with Crippen LogP contribution in [-0.4, -0.2) is 25.6 Å². The Morgan fingerprint density at radius 2 is 1.86 bits per heavy atom. The first-order valence-electron chi connectivity index (χ1n) is 7.23. The standard InChI is InChI=1S/C17H22FN3/c1-4-9-20-17(14-10-15(18)12-19-11-14)13-5-7-16(8-6-13)21(2)3/h5-8,10-12,17,20H,4,9H2,1-3H3. The van der Waals surface area contributed by atoms with Crippen LogP contribution in [0.4, 0.5) is 10.1 Å².